The van der Waals surface area contributed by atoms with Crippen LogP contribution in [0.2, 0.25) is 0 Å². The number of hydrogen-bond donors (Lipinski definition) is 2. The van der Waals surface area contributed by atoms with Gasteiger partial charge in [0.2, 0.25) is 10.0 Å². The number of thiophene rings is 1. The molecule has 1 aromatic heterocycles. The number of rotatable bonds is 5. The third-order valence-corrected chi connectivity index (χ3v) is 6.22. The van der Waals surface area contributed by atoms with Gasteiger partial charge in [-0.2, -0.15) is 0 Å². The number of likely N-dealkylation sites (tertiary alicyclic amines) is 1. The van der Waals surface area contributed by atoms with Crippen LogP contribution in [-0.2, 0) is 10.0 Å². The van der Waals surface area contributed by atoms with Gasteiger partial charge in [0, 0.05) is 18.1 Å². The van der Waals surface area contributed by atoms with Crippen LogP contribution >= 0.6 is 11.3 Å². The van der Waals surface area contributed by atoms with Gasteiger partial charge >= 0.3 is 0 Å². The Morgan fingerprint density at radius 2 is 2.10 bits per heavy atom. The van der Waals surface area contributed by atoms with Gasteiger partial charge in [-0.05, 0) is 51.2 Å². The van der Waals surface area contributed by atoms with Crippen molar-refractivity contribution in [3.63, 3.8) is 0 Å². The maximum Gasteiger partial charge on any atom is 0.250 e. The molecule has 1 aliphatic rings. The van der Waals surface area contributed by atoms with Gasteiger partial charge in [0.1, 0.15) is 4.21 Å². The van der Waals surface area contributed by atoms with E-state index in [9.17, 15) is 8.42 Å². The summed E-state index contributed by atoms with van der Waals surface area (Å²) in [5.41, 5.74) is 5.81. The molecule has 1 aromatic rings. The van der Waals surface area contributed by atoms with Gasteiger partial charge in [-0.1, -0.05) is 6.07 Å². The van der Waals surface area contributed by atoms with E-state index in [1.165, 1.54) is 11.3 Å². The Kier molecular flexibility index (Phi) is 4.86. The average Bonchev–Trinajstić information content (AvgIpc) is 2.84. The highest BCUT2D eigenvalue weighted by Crippen LogP contribution is 2.19. The number of piperidine rings is 1. The minimum Gasteiger partial charge on any atom is -0.324 e. The van der Waals surface area contributed by atoms with Crippen molar-refractivity contribution < 1.29 is 8.42 Å². The first-order chi connectivity index (χ1) is 9.26. The SMILES string of the molecule is CC(C)(N)CN1CCC(NS(=O)(=O)c2cccs2)CC1. The van der Waals surface area contributed by atoms with Gasteiger partial charge < -0.3 is 10.6 Å². The summed E-state index contributed by atoms with van der Waals surface area (Å²) >= 11 is 1.25. The van der Waals surface area contributed by atoms with E-state index < -0.39 is 10.0 Å². The summed E-state index contributed by atoms with van der Waals surface area (Å²) < 4.78 is 27.5. The second-order valence-corrected chi connectivity index (χ2v) is 8.98. The molecule has 0 amide bonds. The quantitative estimate of drug-likeness (QED) is 0.856. The number of hydrogen-bond acceptors (Lipinski definition) is 5. The van der Waals surface area contributed by atoms with Gasteiger partial charge in [0.05, 0.1) is 0 Å². The molecule has 0 saturated carbocycles. The van der Waals surface area contributed by atoms with Gasteiger partial charge in [-0.3, -0.25) is 0 Å². The van der Waals surface area contributed by atoms with E-state index in [1.807, 2.05) is 13.8 Å². The predicted octanol–water partition coefficient (Wildman–Crippen LogP) is 1.23. The Bertz CT molecular complexity index is 512. The summed E-state index contributed by atoms with van der Waals surface area (Å²) in [6.07, 6.45) is 1.67. The fourth-order valence-electron chi connectivity index (χ4n) is 2.48. The lowest BCUT2D eigenvalue weighted by Gasteiger charge is -2.35. The molecule has 0 radical (unpaired) electrons. The zero-order valence-electron chi connectivity index (χ0n) is 12.0. The van der Waals surface area contributed by atoms with Crippen LogP contribution in [0.5, 0.6) is 0 Å². The molecule has 1 saturated heterocycles. The van der Waals surface area contributed by atoms with Crippen molar-refractivity contribution in [2.45, 2.75) is 42.5 Å². The lowest BCUT2D eigenvalue weighted by Crippen LogP contribution is -2.50. The van der Waals surface area contributed by atoms with E-state index in [-0.39, 0.29) is 11.6 Å². The van der Waals surface area contributed by atoms with Crippen molar-refractivity contribution in [1.82, 2.24) is 9.62 Å². The zero-order valence-corrected chi connectivity index (χ0v) is 13.6. The van der Waals surface area contributed by atoms with Crippen molar-refractivity contribution in [3.05, 3.63) is 17.5 Å². The van der Waals surface area contributed by atoms with Crippen LogP contribution in [0.1, 0.15) is 26.7 Å². The molecule has 0 spiro atoms. The molecule has 114 valence electrons. The highest BCUT2D eigenvalue weighted by molar-refractivity contribution is 7.91. The Hall–Kier alpha value is -0.470. The summed E-state index contributed by atoms with van der Waals surface area (Å²) in [5.74, 6) is 0. The maximum atomic E-state index is 12.1. The van der Waals surface area contributed by atoms with Gasteiger partial charge in [0.15, 0.2) is 0 Å². The molecule has 7 heteroatoms. The molecule has 20 heavy (non-hydrogen) atoms. The summed E-state index contributed by atoms with van der Waals surface area (Å²) in [4.78, 5) is 2.30. The first-order valence-corrected chi connectivity index (χ1v) is 9.20. The van der Waals surface area contributed by atoms with Crippen LogP contribution in [0.4, 0.5) is 0 Å². The maximum absolute atomic E-state index is 12.1. The molecule has 1 fully saturated rings. The summed E-state index contributed by atoms with van der Waals surface area (Å²) in [5, 5.41) is 1.78. The van der Waals surface area contributed by atoms with Gasteiger partial charge in [-0.25, -0.2) is 13.1 Å². The Morgan fingerprint density at radius 1 is 1.45 bits per heavy atom. The highest BCUT2D eigenvalue weighted by Gasteiger charge is 2.26. The van der Waals surface area contributed by atoms with Crippen LogP contribution in [0.25, 0.3) is 0 Å². The van der Waals surface area contributed by atoms with E-state index in [0.717, 1.165) is 32.5 Å². The van der Waals surface area contributed by atoms with Crippen LogP contribution in [-0.4, -0.2) is 44.5 Å². The topological polar surface area (TPSA) is 75.4 Å². The second kappa shape index (κ2) is 6.11. The Morgan fingerprint density at radius 3 is 2.60 bits per heavy atom. The Labute approximate surface area is 125 Å². The lowest BCUT2D eigenvalue weighted by molar-refractivity contribution is 0.176. The van der Waals surface area contributed by atoms with E-state index in [2.05, 4.69) is 9.62 Å². The van der Waals surface area contributed by atoms with Crippen molar-refractivity contribution in [2.75, 3.05) is 19.6 Å². The standard InChI is InChI=1S/C13H23N3O2S2/c1-13(2,14)10-16-7-5-11(6-8-16)15-20(17,18)12-4-3-9-19-12/h3-4,9,11,15H,5-8,10,14H2,1-2H3. The minimum atomic E-state index is -3.34. The third-order valence-electron chi connectivity index (χ3n) is 3.30. The summed E-state index contributed by atoms with van der Waals surface area (Å²) in [6.45, 7) is 6.64. The first-order valence-electron chi connectivity index (χ1n) is 6.83. The molecule has 0 unspecified atom stereocenters. The van der Waals surface area contributed by atoms with Gasteiger partial charge in [0.25, 0.3) is 0 Å². The van der Waals surface area contributed by atoms with E-state index >= 15 is 0 Å². The molecule has 0 aromatic carbocycles. The molecule has 0 atom stereocenters. The average molecular weight is 317 g/mol. The molecular weight excluding hydrogens is 294 g/mol. The molecule has 0 aliphatic carbocycles. The Balaban J connectivity index is 1.86. The monoisotopic (exact) mass is 317 g/mol. The predicted molar refractivity (Wildman–Crippen MR) is 82.4 cm³/mol. The molecule has 5 nitrogen and oxygen atoms in total. The minimum absolute atomic E-state index is 0.0271. The zero-order chi connectivity index (χ0) is 14.8. The molecule has 2 heterocycles. The molecule has 0 bridgehead atoms. The smallest absolute Gasteiger partial charge is 0.250 e. The third kappa shape index (κ3) is 4.53. The van der Waals surface area contributed by atoms with E-state index in [0.29, 0.717) is 4.21 Å². The number of sulfonamides is 1. The van der Waals surface area contributed by atoms with Crippen molar-refractivity contribution in [3.8, 4) is 0 Å². The molecular formula is C13H23N3O2S2. The lowest BCUT2D eigenvalue weighted by atomic mass is 10.0. The largest absolute Gasteiger partial charge is 0.324 e. The summed E-state index contributed by atoms with van der Waals surface area (Å²) in [6, 6.07) is 3.42. The molecule has 1 aliphatic heterocycles. The fourth-order valence-corrected chi connectivity index (χ4v) is 4.79. The second-order valence-electron chi connectivity index (χ2n) is 6.09. The van der Waals surface area contributed by atoms with Gasteiger partial charge in [-0.15, -0.1) is 11.3 Å². The van der Waals surface area contributed by atoms with E-state index in [1.54, 1.807) is 17.5 Å². The van der Waals surface area contributed by atoms with Crippen molar-refractivity contribution in [2.24, 2.45) is 5.73 Å². The first kappa shape index (κ1) is 15.9. The molecule has 2 rings (SSSR count). The van der Waals surface area contributed by atoms with Crippen LogP contribution in [0.3, 0.4) is 0 Å². The van der Waals surface area contributed by atoms with Crippen molar-refractivity contribution in [1.29, 1.82) is 0 Å². The number of nitrogens with two attached hydrogens (primary N) is 1. The normalized spacial score (nSPS) is 19.4. The fraction of sp³-hybridized carbons (Fsp3) is 0.692. The van der Waals surface area contributed by atoms with Crippen LogP contribution in [0.15, 0.2) is 21.7 Å². The van der Waals surface area contributed by atoms with Crippen LogP contribution < -0.4 is 10.5 Å². The molecule has 3 N–H and O–H groups in total. The highest BCUT2D eigenvalue weighted by atomic mass is 32.2. The number of nitrogens with zero attached hydrogens (tertiary/aromatic N) is 1. The van der Waals surface area contributed by atoms with Crippen molar-refractivity contribution >= 4 is 21.4 Å². The van der Waals surface area contributed by atoms with Crippen LogP contribution in [0, 0.1) is 0 Å². The number of nitrogens with one attached hydrogen (secondary N) is 1. The van der Waals surface area contributed by atoms with E-state index in [4.69, 9.17) is 5.73 Å². The summed E-state index contributed by atoms with van der Waals surface area (Å²) in [7, 11) is -3.34.